The Morgan fingerprint density at radius 1 is 1.43 bits per heavy atom. The van der Waals surface area contributed by atoms with E-state index in [1.807, 2.05) is 18.2 Å². The van der Waals surface area contributed by atoms with Gasteiger partial charge in [-0.3, -0.25) is 4.79 Å². The van der Waals surface area contributed by atoms with Gasteiger partial charge in [0.25, 0.3) is 0 Å². The fourth-order valence-corrected chi connectivity index (χ4v) is 3.81. The van der Waals surface area contributed by atoms with Crippen molar-refractivity contribution in [2.24, 2.45) is 5.92 Å². The molecule has 3 rings (SSSR count). The molecule has 0 spiro atoms. The van der Waals surface area contributed by atoms with Crippen LogP contribution in [0.2, 0.25) is 0 Å². The Morgan fingerprint density at radius 3 is 3.10 bits per heavy atom. The summed E-state index contributed by atoms with van der Waals surface area (Å²) in [4.78, 5) is 14.5. The molecule has 2 saturated heterocycles. The Balaban J connectivity index is 1.82. The van der Waals surface area contributed by atoms with Crippen molar-refractivity contribution < 1.29 is 9.53 Å². The number of benzene rings is 1. The summed E-state index contributed by atoms with van der Waals surface area (Å²) in [6, 6.07) is 6.31. The molecule has 114 valence electrons. The molecule has 4 nitrogen and oxygen atoms in total. The number of ether oxygens (including phenoxy) is 1. The molecular weight excluding hydrogens is 332 g/mol. The highest BCUT2D eigenvalue weighted by Gasteiger charge is 2.37. The van der Waals surface area contributed by atoms with Crippen LogP contribution in [-0.4, -0.2) is 37.0 Å². The molecule has 2 heterocycles. The van der Waals surface area contributed by atoms with Crippen molar-refractivity contribution in [3.63, 3.8) is 0 Å². The first kappa shape index (κ1) is 14.9. The number of rotatable bonds is 3. The molecule has 5 heteroatoms. The fourth-order valence-electron chi connectivity index (χ4n) is 3.44. The van der Waals surface area contributed by atoms with Gasteiger partial charge in [0.2, 0.25) is 5.91 Å². The summed E-state index contributed by atoms with van der Waals surface area (Å²) >= 11 is 3.59. The molecule has 0 radical (unpaired) electrons. The lowest BCUT2D eigenvalue weighted by atomic mass is 9.84. The zero-order valence-corrected chi connectivity index (χ0v) is 13.9. The molecule has 0 aromatic heterocycles. The Kier molecular flexibility index (Phi) is 4.50. The maximum atomic E-state index is 12.4. The fraction of sp³-hybridized carbons (Fsp3) is 0.562. The van der Waals surface area contributed by atoms with Gasteiger partial charge >= 0.3 is 0 Å². The van der Waals surface area contributed by atoms with Crippen molar-refractivity contribution in [3.8, 4) is 5.75 Å². The molecule has 1 aromatic rings. The summed E-state index contributed by atoms with van der Waals surface area (Å²) in [7, 11) is 1.67. The summed E-state index contributed by atoms with van der Waals surface area (Å²) in [5.41, 5.74) is 1.11. The van der Waals surface area contributed by atoms with Crippen LogP contribution < -0.4 is 10.1 Å². The van der Waals surface area contributed by atoms with Gasteiger partial charge in [0.1, 0.15) is 5.75 Å². The van der Waals surface area contributed by atoms with Gasteiger partial charge in [-0.2, -0.15) is 0 Å². The normalized spacial score (nSPS) is 25.6. The van der Waals surface area contributed by atoms with E-state index in [2.05, 4.69) is 26.1 Å². The lowest BCUT2D eigenvalue weighted by molar-refractivity contribution is -0.140. The average molecular weight is 353 g/mol. The lowest BCUT2D eigenvalue weighted by Gasteiger charge is -2.44. The summed E-state index contributed by atoms with van der Waals surface area (Å²) < 4.78 is 6.33. The van der Waals surface area contributed by atoms with Gasteiger partial charge in [-0.05, 0) is 55.6 Å². The highest BCUT2D eigenvalue weighted by Crippen LogP contribution is 2.32. The first-order valence-corrected chi connectivity index (χ1v) is 8.31. The molecule has 1 N–H and O–H groups in total. The quantitative estimate of drug-likeness (QED) is 0.908. The molecule has 0 bridgehead atoms. The second-order valence-electron chi connectivity index (χ2n) is 5.84. The van der Waals surface area contributed by atoms with Crippen molar-refractivity contribution in [3.05, 3.63) is 28.2 Å². The van der Waals surface area contributed by atoms with Crippen LogP contribution in [0, 0.1) is 5.92 Å². The molecule has 2 atom stereocenters. The van der Waals surface area contributed by atoms with Crippen molar-refractivity contribution in [2.45, 2.75) is 31.8 Å². The molecule has 0 aliphatic carbocycles. The van der Waals surface area contributed by atoms with Crippen molar-refractivity contribution in [2.75, 3.05) is 20.2 Å². The van der Waals surface area contributed by atoms with Gasteiger partial charge in [-0.25, -0.2) is 0 Å². The number of nitrogens with one attached hydrogen (secondary N) is 1. The monoisotopic (exact) mass is 352 g/mol. The first-order valence-electron chi connectivity index (χ1n) is 7.51. The number of halogens is 1. The molecule has 1 amide bonds. The van der Waals surface area contributed by atoms with E-state index in [9.17, 15) is 4.79 Å². The van der Waals surface area contributed by atoms with E-state index in [0.29, 0.717) is 24.9 Å². The number of carbonyl (C=O) groups is 1. The van der Waals surface area contributed by atoms with E-state index in [4.69, 9.17) is 4.74 Å². The summed E-state index contributed by atoms with van der Waals surface area (Å²) in [6.45, 7) is 2.70. The van der Waals surface area contributed by atoms with E-state index >= 15 is 0 Å². The highest BCUT2D eigenvalue weighted by molar-refractivity contribution is 9.10. The molecule has 2 aliphatic heterocycles. The highest BCUT2D eigenvalue weighted by atomic mass is 79.9. The third kappa shape index (κ3) is 3.09. The maximum absolute atomic E-state index is 12.4. The van der Waals surface area contributed by atoms with E-state index in [1.54, 1.807) is 7.11 Å². The topological polar surface area (TPSA) is 41.6 Å². The van der Waals surface area contributed by atoms with Crippen LogP contribution >= 0.6 is 15.9 Å². The van der Waals surface area contributed by atoms with Crippen molar-refractivity contribution in [1.82, 2.24) is 10.2 Å². The largest absolute Gasteiger partial charge is 0.497 e. The second kappa shape index (κ2) is 6.36. The first-order chi connectivity index (χ1) is 10.2. The minimum absolute atomic E-state index is 0.285. The van der Waals surface area contributed by atoms with Gasteiger partial charge in [0, 0.05) is 23.5 Å². The van der Waals surface area contributed by atoms with Crippen LogP contribution in [0.1, 0.15) is 24.8 Å². The van der Waals surface area contributed by atoms with Crippen LogP contribution in [0.3, 0.4) is 0 Å². The predicted octanol–water partition coefficient (Wildman–Crippen LogP) is 2.56. The van der Waals surface area contributed by atoms with Gasteiger partial charge in [0.05, 0.1) is 7.11 Å². The van der Waals surface area contributed by atoms with E-state index < -0.39 is 0 Å². The maximum Gasteiger partial charge on any atom is 0.223 e. The number of fused-ring (bicyclic) bond motifs is 1. The number of likely N-dealkylation sites (tertiary alicyclic amines) is 1. The minimum Gasteiger partial charge on any atom is -0.497 e. The lowest BCUT2D eigenvalue weighted by Crippen LogP contribution is -2.54. The van der Waals surface area contributed by atoms with E-state index in [1.165, 1.54) is 0 Å². The number of amides is 1. The number of nitrogens with zero attached hydrogens (tertiary/aromatic N) is 1. The van der Waals surface area contributed by atoms with Gasteiger partial charge in [0.15, 0.2) is 0 Å². The summed E-state index contributed by atoms with van der Waals surface area (Å²) in [5, 5.41) is 3.45. The Morgan fingerprint density at radius 2 is 2.29 bits per heavy atom. The van der Waals surface area contributed by atoms with E-state index in [-0.39, 0.29) is 5.91 Å². The van der Waals surface area contributed by atoms with Gasteiger partial charge < -0.3 is 15.0 Å². The Labute approximate surface area is 134 Å². The average Bonchev–Trinajstić information content (AvgIpc) is 2.52. The minimum atomic E-state index is 0.285. The van der Waals surface area contributed by atoms with Gasteiger partial charge in [-0.1, -0.05) is 15.9 Å². The number of hydrogen-bond acceptors (Lipinski definition) is 3. The SMILES string of the molecule is COc1ccc(Br)c(CN2C(=O)CCC3CNCCC32)c1. The third-order valence-corrected chi connectivity index (χ3v) is 5.38. The van der Waals surface area contributed by atoms with Gasteiger partial charge in [-0.15, -0.1) is 0 Å². The Bertz CT molecular complexity index is 535. The van der Waals surface area contributed by atoms with Crippen molar-refractivity contribution >= 4 is 21.8 Å². The van der Waals surface area contributed by atoms with Crippen LogP contribution in [0.15, 0.2) is 22.7 Å². The molecule has 2 aliphatic rings. The zero-order chi connectivity index (χ0) is 14.8. The molecular formula is C16H21BrN2O2. The number of piperidine rings is 2. The van der Waals surface area contributed by atoms with Crippen LogP contribution in [-0.2, 0) is 11.3 Å². The molecule has 2 unspecified atom stereocenters. The number of carbonyl (C=O) groups excluding carboxylic acids is 1. The second-order valence-corrected chi connectivity index (χ2v) is 6.69. The number of hydrogen-bond donors (Lipinski definition) is 1. The number of methoxy groups -OCH3 is 1. The molecule has 21 heavy (non-hydrogen) atoms. The van der Waals surface area contributed by atoms with E-state index in [0.717, 1.165) is 41.7 Å². The summed E-state index contributed by atoms with van der Waals surface area (Å²) in [5.74, 6) is 1.72. The van der Waals surface area contributed by atoms with Crippen molar-refractivity contribution in [1.29, 1.82) is 0 Å². The summed E-state index contributed by atoms with van der Waals surface area (Å²) in [6.07, 6.45) is 2.74. The zero-order valence-electron chi connectivity index (χ0n) is 12.3. The standard InChI is InChI=1S/C16H21BrN2O2/c1-21-13-3-4-14(17)12(8-13)10-19-15-6-7-18-9-11(15)2-5-16(19)20/h3-4,8,11,15,18H,2,5-7,9-10H2,1H3. The molecule has 2 fully saturated rings. The van der Waals surface area contributed by atoms with Crippen LogP contribution in [0.4, 0.5) is 0 Å². The predicted molar refractivity (Wildman–Crippen MR) is 85.2 cm³/mol. The molecule has 1 aromatic carbocycles. The Hall–Kier alpha value is -1.07. The third-order valence-electron chi connectivity index (χ3n) is 4.61. The smallest absolute Gasteiger partial charge is 0.223 e. The van der Waals surface area contributed by atoms with Crippen LogP contribution in [0.25, 0.3) is 0 Å². The van der Waals surface area contributed by atoms with Crippen LogP contribution in [0.5, 0.6) is 5.75 Å². The molecule has 0 saturated carbocycles.